The van der Waals surface area contributed by atoms with E-state index < -0.39 is 0 Å². The van der Waals surface area contributed by atoms with Crippen molar-refractivity contribution < 1.29 is 0 Å². The third-order valence-corrected chi connectivity index (χ3v) is 3.38. The Balaban J connectivity index is 2.34. The SMILES string of the molecule is CCC(C)C1=Cc2c(C)cccc2C1. The fourth-order valence-electron chi connectivity index (χ4n) is 2.14. The van der Waals surface area contributed by atoms with E-state index in [-0.39, 0.29) is 0 Å². The Bertz CT molecular complexity index is 372. The Morgan fingerprint density at radius 2 is 2.14 bits per heavy atom. The lowest BCUT2D eigenvalue weighted by Crippen LogP contribution is -1.96. The van der Waals surface area contributed by atoms with Crippen molar-refractivity contribution in [3.63, 3.8) is 0 Å². The van der Waals surface area contributed by atoms with E-state index in [9.17, 15) is 0 Å². The number of benzene rings is 1. The number of rotatable bonds is 2. The van der Waals surface area contributed by atoms with Gasteiger partial charge < -0.3 is 0 Å². The minimum Gasteiger partial charge on any atom is -0.0648 e. The van der Waals surface area contributed by atoms with E-state index >= 15 is 0 Å². The average Bonchev–Trinajstić information content (AvgIpc) is 2.62. The fraction of sp³-hybridized carbons (Fsp3) is 0.429. The summed E-state index contributed by atoms with van der Waals surface area (Å²) >= 11 is 0. The third-order valence-electron chi connectivity index (χ3n) is 3.38. The molecule has 1 aromatic rings. The first kappa shape index (κ1) is 9.51. The Kier molecular flexibility index (Phi) is 2.45. The van der Waals surface area contributed by atoms with Crippen molar-refractivity contribution in [2.75, 3.05) is 0 Å². The maximum absolute atomic E-state index is 2.40. The van der Waals surface area contributed by atoms with Crippen LogP contribution in [-0.2, 0) is 6.42 Å². The van der Waals surface area contributed by atoms with Gasteiger partial charge in [-0.05, 0) is 42.4 Å². The maximum Gasteiger partial charge on any atom is -0.00551 e. The minimum absolute atomic E-state index is 0.738. The van der Waals surface area contributed by atoms with Gasteiger partial charge in [0.15, 0.2) is 0 Å². The van der Waals surface area contributed by atoms with Gasteiger partial charge in [-0.25, -0.2) is 0 Å². The summed E-state index contributed by atoms with van der Waals surface area (Å²) in [5, 5.41) is 0. The summed E-state index contributed by atoms with van der Waals surface area (Å²) in [5.41, 5.74) is 6.01. The first-order valence-electron chi connectivity index (χ1n) is 5.51. The molecule has 0 aromatic heterocycles. The van der Waals surface area contributed by atoms with E-state index in [0.29, 0.717) is 0 Å². The van der Waals surface area contributed by atoms with Crippen LogP contribution in [0.5, 0.6) is 0 Å². The molecule has 0 aliphatic heterocycles. The van der Waals surface area contributed by atoms with Crippen LogP contribution in [-0.4, -0.2) is 0 Å². The Hall–Kier alpha value is -1.04. The molecular weight excluding hydrogens is 168 g/mol. The summed E-state index contributed by atoms with van der Waals surface area (Å²) in [5.74, 6) is 0.738. The molecule has 0 N–H and O–H groups in total. The molecule has 1 aliphatic rings. The maximum atomic E-state index is 2.40. The van der Waals surface area contributed by atoms with Crippen molar-refractivity contribution in [3.05, 3.63) is 40.5 Å². The molecule has 0 fully saturated rings. The molecule has 0 saturated carbocycles. The molecule has 1 atom stereocenters. The van der Waals surface area contributed by atoms with E-state index in [1.165, 1.54) is 29.5 Å². The molecule has 0 amide bonds. The van der Waals surface area contributed by atoms with Crippen LogP contribution >= 0.6 is 0 Å². The summed E-state index contributed by atoms with van der Waals surface area (Å²) in [7, 11) is 0. The van der Waals surface area contributed by atoms with Crippen LogP contribution in [0.2, 0.25) is 0 Å². The van der Waals surface area contributed by atoms with Gasteiger partial charge in [-0.2, -0.15) is 0 Å². The van der Waals surface area contributed by atoms with E-state index in [0.717, 1.165) is 5.92 Å². The standard InChI is InChI=1S/C14H18/c1-4-10(2)13-8-12-7-5-6-11(3)14(12)9-13/h5-7,9-10H,4,8H2,1-3H3. The number of allylic oxidation sites excluding steroid dienone is 1. The molecule has 0 spiro atoms. The van der Waals surface area contributed by atoms with Crippen LogP contribution in [0.15, 0.2) is 23.8 Å². The first-order chi connectivity index (χ1) is 6.72. The molecule has 0 heteroatoms. The highest BCUT2D eigenvalue weighted by atomic mass is 14.2. The molecule has 1 aromatic carbocycles. The third kappa shape index (κ3) is 1.50. The van der Waals surface area contributed by atoms with Gasteiger partial charge in [0.05, 0.1) is 0 Å². The van der Waals surface area contributed by atoms with E-state index in [4.69, 9.17) is 0 Å². The number of aryl methyl sites for hydroxylation is 1. The lowest BCUT2D eigenvalue weighted by Gasteiger charge is -2.08. The molecule has 0 radical (unpaired) electrons. The van der Waals surface area contributed by atoms with Crippen LogP contribution < -0.4 is 0 Å². The normalized spacial score (nSPS) is 16.4. The predicted octanol–water partition coefficient (Wildman–Crippen LogP) is 3.98. The monoisotopic (exact) mass is 186 g/mol. The molecule has 0 heterocycles. The number of fused-ring (bicyclic) bond motifs is 1. The lowest BCUT2D eigenvalue weighted by atomic mass is 9.97. The molecule has 1 unspecified atom stereocenters. The Morgan fingerprint density at radius 1 is 1.36 bits per heavy atom. The zero-order valence-corrected chi connectivity index (χ0v) is 9.30. The van der Waals surface area contributed by atoms with Gasteiger partial charge >= 0.3 is 0 Å². The predicted molar refractivity (Wildman–Crippen MR) is 62.3 cm³/mol. The van der Waals surface area contributed by atoms with Crippen LogP contribution in [0.3, 0.4) is 0 Å². The van der Waals surface area contributed by atoms with Crippen molar-refractivity contribution in [1.82, 2.24) is 0 Å². The van der Waals surface area contributed by atoms with Crippen LogP contribution in [0.4, 0.5) is 0 Å². The van der Waals surface area contributed by atoms with Crippen molar-refractivity contribution in [2.45, 2.75) is 33.6 Å². The second kappa shape index (κ2) is 3.61. The highest BCUT2D eigenvalue weighted by molar-refractivity contribution is 5.66. The summed E-state index contributed by atoms with van der Waals surface area (Å²) < 4.78 is 0. The van der Waals surface area contributed by atoms with Crippen LogP contribution in [0.1, 0.15) is 37.0 Å². The quantitative estimate of drug-likeness (QED) is 0.655. The smallest absolute Gasteiger partial charge is 0.00551 e. The molecule has 1 aliphatic carbocycles. The average molecular weight is 186 g/mol. The molecule has 0 saturated heterocycles. The first-order valence-corrected chi connectivity index (χ1v) is 5.51. The van der Waals surface area contributed by atoms with Gasteiger partial charge in [0, 0.05) is 0 Å². The van der Waals surface area contributed by atoms with Gasteiger partial charge in [0.2, 0.25) is 0 Å². The van der Waals surface area contributed by atoms with Gasteiger partial charge in [0.25, 0.3) is 0 Å². The van der Waals surface area contributed by atoms with Gasteiger partial charge in [-0.15, -0.1) is 0 Å². The zero-order valence-electron chi connectivity index (χ0n) is 9.30. The second-order valence-corrected chi connectivity index (χ2v) is 4.35. The summed E-state index contributed by atoms with van der Waals surface area (Å²) in [6.45, 7) is 6.79. The van der Waals surface area contributed by atoms with Crippen LogP contribution in [0.25, 0.3) is 6.08 Å². The minimum atomic E-state index is 0.738. The molecule has 0 bridgehead atoms. The highest BCUT2D eigenvalue weighted by Gasteiger charge is 2.16. The van der Waals surface area contributed by atoms with E-state index in [1.807, 2.05) is 0 Å². The largest absolute Gasteiger partial charge is 0.0648 e. The number of hydrogen-bond acceptors (Lipinski definition) is 0. The Morgan fingerprint density at radius 3 is 2.79 bits per heavy atom. The zero-order chi connectivity index (χ0) is 10.1. The summed E-state index contributed by atoms with van der Waals surface area (Å²) in [4.78, 5) is 0. The van der Waals surface area contributed by atoms with E-state index in [2.05, 4.69) is 45.0 Å². The van der Waals surface area contributed by atoms with Crippen molar-refractivity contribution >= 4 is 6.08 Å². The van der Waals surface area contributed by atoms with Gasteiger partial charge in [-0.1, -0.05) is 43.7 Å². The topological polar surface area (TPSA) is 0 Å². The summed E-state index contributed by atoms with van der Waals surface area (Å²) in [6, 6.07) is 6.63. The lowest BCUT2D eigenvalue weighted by molar-refractivity contribution is 0.647. The second-order valence-electron chi connectivity index (χ2n) is 4.35. The van der Waals surface area contributed by atoms with Crippen molar-refractivity contribution in [1.29, 1.82) is 0 Å². The van der Waals surface area contributed by atoms with Gasteiger partial charge in [0.1, 0.15) is 0 Å². The molecular formula is C14H18. The van der Waals surface area contributed by atoms with Crippen molar-refractivity contribution in [3.8, 4) is 0 Å². The summed E-state index contributed by atoms with van der Waals surface area (Å²) in [6.07, 6.45) is 4.82. The Labute approximate surface area is 86.7 Å². The molecule has 2 rings (SSSR count). The molecule has 14 heavy (non-hydrogen) atoms. The van der Waals surface area contributed by atoms with Crippen molar-refractivity contribution in [2.24, 2.45) is 5.92 Å². The van der Waals surface area contributed by atoms with Crippen LogP contribution in [0, 0.1) is 12.8 Å². The van der Waals surface area contributed by atoms with E-state index in [1.54, 1.807) is 5.57 Å². The number of hydrogen-bond donors (Lipinski definition) is 0. The molecule has 74 valence electrons. The fourth-order valence-corrected chi connectivity index (χ4v) is 2.14. The molecule has 0 nitrogen and oxygen atoms in total. The highest BCUT2D eigenvalue weighted by Crippen LogP contribution is 2.32. The van der Waals surface area contributed by atoms with Gasteiger partial charge in [-0.3, -0.25) is 0 Å².